The zero-order chi connectivity index (χ0) is 14.0. The quantitative estimate of drug-likeness (QED) is 0.859. The van der Waals surface area contributed by atoms with Crippen LogP contribution in [0.3, 0.4) is 0 Å². The van der Waals surface area contributed by atoms with E-state index < -0.39 is 0 Å². The number of hydrogen-bond acceptors (Lipinski definition) is 3. The summed E-state index contributed by atoms with van der Waals surface area (Å²) >= 11 is 4.65. The molecule has 0 spiro atoms. The topological polar surface area (TPSA) is 23.6 Å². The van der Waals surface area contributed by atoms with Crippen molar-refractivity contribution in [1.29, 1.82) is 0 Å². The Morgan fingerprint density at radius 1 is 1.37 bits per heavy atom. The van der Waals surface area contributed by atoms with E-state index >= 15 is 0 Å². The molecule has 2 rings (SSSR count). The van der Waals surface area contributed by atoms with Crippen molar-refractivity contribution in [1.82, 2.24) is 4.90 Å². The monoisotopic (exact) mass is 278 g/mol. The second-order valence-electron chi connectivity index (χ2n) is 5.20. The van der Waals surface area contributed by atoms with Crippen LogP contribution in [0.4, 0.5) is 5.69 Å². The number of thiol groups is 1. The molecule has 1 aliphatic rings. The lowest BCUT2D eigenvalue weighted by Crippen LogP contribution is -2.54. The van der Waals surface area contributed by atoms with E-state index in [2.05, 4.69) is 44.4 Å². The Labute approximate surface area is 121 Å². The molecule has 1 aliphatic heterocycles. The molecule has 0 saturated carbocycles. The van der Waals surface area contributed by atoms with Crippen LogP contribution in [0.2, 0.25) is 0 Å². The minimum Gasteiger partial charge on any atom is -0.287 e. The van der Waals surface area contributed by atoms with E-state index in [1.165, 1.54) is 5.56 Å². The van der Waals surface area contributed by atoms with Crippen LogP contribution in [0.25, 0.3) is 0 Å². The lowest BCUT2D eigenvalue weighted by molar-refractivity contribution is -0.121. The van der Waals surface area contributed by atoms with Gasteiger partial charge in [0.1, 0.15) is 5.50 Å². The predicted octanol–water partition coefficient (Wildman–Crippen LogP) is 3.08. The molecule has 0 bridgehead atoms. The molecule has 0 aliphatic carbocycles. The fraction of sp³-hybridized carbons (Fsp3) is 0.533. The molecular weight excluding hydrogens is 256 g/mol. The fourth-order valence-corrected chi connectivity index (χ4v) is 3.07. The summed E-state index contributed by atoms with van der Waals surface area (Å²) in [7, 11) is 0. The zero-order valence-corrected chi connectivity index (χ0v) is 12.7. The average Bonchev–Trinajstić information content (AvgIpc) is 2.39. The number of benzene rings is 1. The Morgan fingerprint density at radius 2 is 2.05 bits per heavy atom. The Balaban J connectivity index is 2.41. The highest BCUT2D eigenvalue weighted by atomic mass is 32.1. The summed E-state index contributed by atoms with van der Waals surface area (Å²) in [5.41, 5.74) is 2.04. The van der Waals surface area contributed by atoms with E-state index in [1.807, 2.05) is 23.1 Å². The average molecular weight is 278 g/mol. The highest BCUT2D eigenvalue weighted by molar-refractivity contribution is 7.81. The van der Waals surface area contributed by atoms with Gasteiger partial charge in [-0.05, 0) is 24.1 Å². The fourth-order valence-electron chi connectivity index (χ4n) is 2.54. The van der Waals surface area contributed by atoms with Crippen LogP contribution in [0.15, 0.2) is 24.3 Å². The van der Waals surface area contributed by atoms with Crippen LogP contribution in [0.1, 0.15) is 38.7 Å². The van der Waals surface area contributed by atoms with Crippen LogP contribution in [-0.2, 0) is 4.79 Å². The molecular formula is C15H22N2OS. The van der Waals surface area contributed by atoms with Gasteiger partial charge in [-0.25, -0.2) is 0 Å². The zero-order valence-electron chi connectivity index (χ0n) is 11.8. The van der Waals surface area contributed by atoms with Crippen molar-refractivity contribution in [3.8, 4) is 0 Å². The largest absolute Gasteiger partial charge is 0.287 e. The van der Waals surface area contributed by atoms with Crippen molar-refractivity contribution in [2.24, 2.45) is 0 Å². The lowest BCUT2D eigenvalue weighted by Gasteiger charge is -2.41. The molecule has 19 heavy (non-hydrogen) atoms. The standard InChI is InChI=1S/C15H22N2OS/c1-4-16-10-9-14(18)17(15(16)19)13-8-6-5-7-12(13)11(2)3/h5-8,11,15,19H,4,9-10H2,1-3H3. The van der Waals surface area contributed by atoms with Crippen LogP contribution in [0, 0.1) is 0 Å². The van der Waals surface area contributed by atoms with E-state index in [-0.39, 0.29) is 11.4 Å². The van der Waals surface area contributed by atoms with Crippen molar-refractivity contribution < 1.29 is 4.79 Å². The molecule has 0 aromatic heterocycles. The molecule has 0 radical (unpaired) electrons. The number of amides is 1. The highest BCUT2D eigenvalue weighted by Gasteiger charge is 2.33. The van der Waals surface area contributed by atoms with Crippen molar-refractivity contribution in [2.75, 3.05) is 18.0 Å². The van der Waals surface area contributed by atoms with Gasteiger partial charge in [-0.15, -0.1) is 12.6 Å². The smallest absolute Gasteiger partial charge is 0.230 e. The molecule has 1 fully saturated rings. The predicted molar refractivity (Wildman–Crippen MR) is 82.7 cm³/mol. The summed E-state index contributed by atoms with van der Waals surface area (Å²) in [6.07, 6.45) is 0.567. The first-order valence-corrected chi connectivity index (χ1v) is 7.41. The van der Waals surface area contributed by atoms with Crippen LogP contribution < -0.4 is 4.90 Å². The minimum atomic E-state index is -0.161. The van der Waals surface area contributed by atoms with Gasteiger partial charge in [-0.2, -0.15) is 0 Å². The van der Waals surface area contributed by atoms with E-state index in [0.717, 1.165) is 18.8 Å². The molecule has 3 nitrogen and oxygen atoms in total. The normalized spacial score (nSPS) is 21.2. The van der Waals surface area contributed by atoms with Gasteiger partial charge in [-0.1, -0.05) is 39.0 Å². The molecule has 1 heterocycles. The van der Waals surface area contributed by atoms with Gasteiger partial charge in [0.2, 0.25) is 5.91 Å². The number of rotatable bonds is 3. The molecule has 1 atom stereocenters. The molecule has 1 unspecified atom stereocenters. The highest BCUT2D eigenvalue weighted by Crippen LogP contribution is 2.32. The third-order valence-electron chi connectivity index (χ3n) is 3.66. The third-order valence-corrected chi connectivity index (χ3v) is 4.22. The number of carbonyl (C=O) groups excluding carboxylic acids is 1. The van der Waals surface area contributed by atoms with Crippen molar-refractivity contribution in [3.05, 3.63) is 29.8 Å². The van der Waals surface area contributed by atoms with Gasteiger partial charge < -0.3 is 0 Å². The maximum atomic E-state index is 12.3. The minimum absolute atomic E-state index is 0.161. The summed E-state index contributed by atoms with van der Waals surface area (Å²) < 4.78 is 0. The molecule has 4 heteroatoms. The number of hydrogen-bond donors (Lipinski definition) is 1. The van der Waals surface area contributed by atoms with Crippen LogP contribution >= 0.6 is 12.6 Å². The van der Waals surface area contributed by atoms with Crippen molar-refractivity contribution in [3.63, 3.8) is 0 Å². The molecule has 104 valence electrons. The summed E-state index contributed by atoms with van der Waals surface area (Å²) in [6, 6.07) is 8.13. The van der Waals surface area contributed by atoms with Crippen molar-refractivity contribution >= 4 is 24.2 Å². The van der Waals surface area contributed by atoms with Gasteiger partial charge in [0, 0.05) is 18.7 Å². The number of para-hydroxylation sites is 1. The summed E-state index contributed by atoms with van der Waals surface area (Å²) in [4.78, 5) is 16.3. The first-order chi connectivity index (χ1) is 9.06. The molecule has 1 aromatic rings. The molecule has 1 aromatic carbocycles. The van der Waals surface area contributed by atoms with E-state index in [9.17, 15) is 4.79 Å². The summed E-state index contributed by atoms with van der Waals surface area (Å²) in [5, 5.41) is 0. The van der Waals surface area contributed by atoms with Gasteiger partial charge in [0.05, 0.1) is 0 Å². The van der Waals surface area contributed by atoms with Crippen LogP contribution in [-0.4, -0.2) is 29.4 Å². The Bertz CT molecular complexity index is 461. The second-order valence-corrected chi connectivity index (χ2v) is 5.66. The number of anilines is 1. The van der Waals surface area contributed by atoms with Crippen molar-refractivity contribution in [2.45, 2.75) is 38.6 Å². The van der Waals surface area contributed by atoms with Gasteiger partial charge in [-0.3, -0.25) is 14.6 Å². The second kappa shape index (κ2) is 5.97. The first-order valence-electron chi connectivity index (χ1n) is 6.89. The Kier molecular flexibility index (Phi) is 4.53. The van der Waals surface area contributed by atoms with Gasteiger partial charge in [0.15, 0.2) is 0 Å². The Hall–Kier alpha value is -1.00. The summed E-state index contributed by atoms with van der Waals surface area (Å²) in [5.74, 6) is 0.555. The SMILES string of the molecule is CCN1CCC(=O)N(c2ccccc2C(C)C)C1S. The van der Waals surface area contributed by atoms with E-state index in [4.69, 9.17) is 0 Å². The number of carbonyl (C=O) groups is 1. The Morgan fingerprint density at radius 3 is 2.68 bits per heavy atom. The molecule has 1 saturated heterocycles. The maximum Gasteiger partial charge on any atom is 0.230 e. The van der Waals surface area contributed by atoms with Gasteiger partial charge in [0.25, 0.3) is 0 Å². The maximum absolute atomic E-state index is 12.3. The first kappa shape index (κ1) is 14.4. The molecule has 1 amide bonds. The summed E-state index contributed by atoms with van der Waals surface area (Å²) in [6.45, 7) is 8.11. The third kappa shape index (κ3) is 2.79. The van der Waals surface area contributed by atoms with Crippen LogP contribution in [0.5, 0.6) is 0 Å². The van der Waals surface area contributed by atoms with E-state index in [0.29, 0.717) is 12.3 Å². The lowest BCUT2D eigenvalue weighted by atomic mass is 10.00. The number of nitrogens with zero attached hydrogens (tertiary/aromatic N) is 2. The van der Waals surface area contributed by atoms with E-state index in [1.54, 1.807) is 0 Å². The van der Waals surface area contributed by atoms with Gasteiger partial charge >= 0.3 is 0 Å². The molecule has 0 N–H and O–H groups in total.